The minimum absolute atomic E-state index is 0.117. The van der Waals surface area contributed by atoms with Gasteiger partial charge in [-0.15, -0.1) is 0 Å². The summed E-state index contributed by atoms with van der Waals surface area (Å²) in [5.74, 6) is 0.117. The highest BCUT2D eigenvalue weighted by atomic mass is 16.1. The van der Waals surface area contributed by atoms with Crippen LogP contribution in [0.25, 0.3) is 6.08 Å². The first-order valence-corrected chi connectivity index (χ1v) is 3.90. The molecule has 60 valence electrons. The maximum atomic E-state index is 11.0. The van der Waals surface area contributed by atoms with E-state index in [0.29, 0.717) is 6.54 Å². The van der Waals surface area contributed by atoms with Gasteiger partial charge in [-0.1, -0.05) is 18.2 Å². The molecule has 0 saturated heterocycles. The fourth-order valence-corrected chi connectivity index (χ4v) is 1.23. The molecule has 0 unspecified atom stereocenters. The van der Waals surface area contributed by atoms with Gasteiger partial charge in [0.1, 0.15) is 0 Å². The molecule has 2 heteroatoms. The molecule has 1 aliphatic heterocycles. The number of anilines is 1. The van der Waals surface area contributed by atoms with Crippen molar-refractivity contribution in [1.29, 1.82) is 0 Å². The Morgan fingerprint density at radius 2 is 2.00 bits per heavy atom. The number of hydrogen-bond donors (Lipinski definition) is 1. The molecule has 1 N–H and O–H groups in total. The number of nitrogens with one attached hydrogen (secondary N) is 1. The monoisotopic (exact) mass is 159 g/mol. The summed E-state index contributed by atoms with van der Waals surface area (Å²) in [6.45, 7) is 0.396. The number of carbonyl (C=O) groups excluding carboxylic acids is 1. The zero-order chi connectivity index (χ0) is 8.39. The number of rotatable bonds is 0. The molecule has 12 heavy (non-hydrogen) atoms. The van der Waals surface area contributed by atoms with E-state index >= 15 is 0 Å². The molecule has 0 saturated carbocycles. The Labute approximate surface area is 70.9 Å². The first kappa shape index (κ1) is 7.10. The van der Waals surface area contributed by atoms with E-state index in [9.17, 15) is 4.79 Å². The van der Waals surface area contributed by atoms with E-state index in [0.717, 1.165) is 11.3 Å². The maximum absolute atomic E-state index is 11.0. The van der Waals surface area contributed by atoms with Gasteiger partial charge < -0.3 is 5.32 Å². The summed E-state index contributed by atoms with van der Waals surface area (Å²) in [5.41, 5.74) is 2.10. The summed E-state index contributed by atoms with van der Waals surface area (Å²) in [7, 11) is 0. The van der Waals surface area contributed by atoms with Gasteiger partial charge in [0, 0.05) is 5.69 Å². The van der Waals surface area contributed by atoms with E-state index in [4.69, 9.17) is 0 Å². The Morgan fingerprint density at radius 3 is 2.92 bits per heavy atom. The topological polar surface area (TPSA) is 29.1 Å². The lowest BCUT2D eigenvalue weighted by atomic mass is 10.2. The summed E-state index contributed by atoms with van der Waals surface area (Å²) in [5, 5.41) is 3.06. The summed E-state index contributed by atoms with van der Waals surface area (Å²) in [6.07, 6.45) is 3.45. The second-order valence-corrected chi connectivity index (χ2v) is 2.74. The van der Waals surface area contributed by atoms with Crippen molar-refractivity contribution in [2.75, 3.05) is 11.9 Å². The van der Waals surface area contributed by atoms with Crippen LogP contribution in [0.1, 0.15) is 5.56 Å². The fraction of sp³-hybridized carbons (Fsp3) is 0.100. The van der Waals surface area contributed by atoms with Crippen molar-refractivity contribution in [2.24, 2.45) is 0 Å². The highest BCUT2D eigenvalue weighted by Crippen LogP contribution is 2.18. The third-order valence-electron chi connectivity index (χ3n) is 1.86. The van der Waals surface area contributed by atoms with Crippen molar-refractivity contribution in [2.45, 2.75) is 0 Å². The van der Waals surface area contributed by atoms with Crippen molar-refractivity contribution >= 4 is 17.5 Å². The molecule has 0 bridgehead atoms. The average Bonchev–Trinajstić information content (AvgIpc) is 2.29. The SMILES string of the molecule is O=C1C=Cc2ccccc2NC1. The lowest BCUT2D eigenvalue weighted by Gasteiger charge is -2.03. The van der Waals surface area contributed by atoms with Crippen LogP contribution in [0.2, 0.25) is 0 Å². The average molecular weight is 159 g/mol. The van der Waals surface area contributed by atoms with Crippen LogP contribution >= 0.6 is 0 Å². The molecular weight excluding hydrogens is 150 g/mol. The third kappa shape index (κ3) is 1.23. The number of benzene rings is 1. The van der Waals surface area contributed by atoms with E-state index in [1.54, 1.807) is 6.08 Å². The van der Waals surface area contributed by atoms with Crippen molar-refractivity contribution in [3.63, 3.8) is 0 Å². The summed E-state index contributed by atoms with van der Waals surface area (Å²) in [6, 6.07) is 7.87. The van der Waals surface area contributed by atoms with E-state index in [2.05, 4.69) is 5.32 Å². The molecular formula is C10H9NO. The molecule has 1 aromatic carbocycles. The molecule has 0 fully saturated rings. The van der Waals surface area contributed by atoms with Gasteiger partial charge in [-0.05, 0) is 23.8 Å². The van der Waals surface area contributed by atoms with Gasteiger partial charge in [-0.3, -0.25) is 4.79 Å². The number of ketones is 1. The first-order chi connectivity index (χ1) is 5.86. The molecule has 0 aliphatic carbocycles. The highest BCUT2D eigenvalue weighted by molar-refractivity contribution is 5.99. The smallest absolute Gasteiger partial charge is 0.174 e. The third-order valence-corrected chi connectivity index (χ3v) is 1.86. The zero-order valence-electron chi connectivity index (χ0n) is 6.58. The highest BCUT2D eigenvalue weighted by Gasteiger charge is 2.04. The predicted octanol–water partition coefficient (Wildman–Crippen LogP) is 1.69. The lowest BCUT2D eigenvalue weighted by Crippen LogP contribution is -2.09. The molecule has 0 amide bonds. The van der Waals surface area contributed by atoms with Crippen molar-refractivity contribution in [3.05, 3.63) is 35.9 Å². The molecule has 0 spiro atoms. The van der Waals surface area contributed by atoms with Gasteiger partial charge in [0.2, 0.25) is 0 Å². The zero-order valence-corrected chi connectivity index (χ0v) is 6.58. The molecule has 2 rings (SSSR count). The van der Waals surface area contributed by atoms with Gasteiger partial charge in [0.05, 0.1) is 6.54 Å². The van der Waals surface area contributed by atoms with Gasteiger partial charge >= 0.3 is 0 Å². The first-order valence-electron chi connectivity index (χ1n) is 3.90. The van der Waals surface area contributed by atoms with Crippen LogP contribution in [0.3, 0.4) is 0 Å². The van der Waals surface area contributed by atoms with Gasteiger partial charge in [0.25, 0.3) is 0 Å². The Hall–Kier alpha value is -1.57. The summed E-state index contributed by atoms with van der Waals surface area (Å²) in [4.78, 5) is 11.0. The largest absolute Gasteiger partial charge is 0.377 e. The standard InChI is InChI=1S/C10H9NO/c12-9-6-5-8-3-1-2-4-10(8)11-7-9/h1-6,11H,7H2. The predicted molar refractivity (Wildman–Crippen MR) is 49.0 cm³/mol. The van der Waals surface area contributed by atoms with Crippen molar-refractivity contribution < 1.29 is 4.79 Å². The van der Waals surface area contributed by atoms with Crippen LogP contribution in [-0.2, 0) is 4.79 Å². The second-order valence-electron chi connectivity index (χ2n) is 2.74. The maximum Gasteiger partial charge on any atom is 0.174 e. The lowest BCUT2D eigenvalue weighted by molar-refractivity contribution is -0.113. The second kappa shape index (κ2) is 2.81. The minimum Gasteiger partial charge on any atom is -0.377 e. The Morgan fingerprint density at radius 1 is 1.17 bits per heavy atom. The fourth-order valence-electron chi connectivity index (χ4n) is 1.23. The molecule has 1 aromatic rings. The van der Waals surface area contributed by atoms with E-state index in [1.807, 2.05) is 30.3 Å². The van der Waals surface area contributed by atoms with Crippen molar-refractivity contribution in [1.82, 2.24) is 0 Å². The van der Waals surface area contributed by atoms with Crippen LogP contribution in [0.15, 0.2) is 30.3 Å². The molecule has 0 radical (unpaired) electrons. The quantitative estimate of drug-likeness (QED) is 0.624. The van der Waals surface area contributed by atoms with Crippen LogP contribution in [0.5, 0.6) is 0 Å². The normalized spacial score (nSPS) is 14.8. The van der Waals surface area contributed by atoms with Crippen LogP contribution in [0, 0.1) is 0 Å². The number of hydrogen-bond acceptors (Lipinski definition) is 2. The molecule has 0 aromatic heterocycles. The van der Waals surface area contributed by atoms with Crippen molar-refractivity contribution in [3.8, 4) is 0 Å². The van der Waals surface area contributed by atoms with E-state index in [-0.39, 0.29) is 5.78 Å². The summed E-state index contributed by atoms with van der Waals surface area (Å²) < 4.78 is 0. The Kier molecular flexibility index (Phi) is 1.67. The van der Waals surface area contributed by atoms with E-state index < -0.39 is 0 Å². The van der Waals surface area contributed by atoms with Crippen LogP contribution in [0.4, 0.5) is 5.69 Å². The van der Waals surface area contributed by atoms with Crippen LogP contribution in [-0.4, -0.2) is 12.3 Å². The van der Waals surface area contributed by atoms with Gasteiger partial charge in [0.15, 0.2) is 5.78 Å². The number of carbonyl (C=O) groups is 1. The van der Waals surface area contributed by atoms with Gasteiger partial charge in [-0.25, -0.2) is 0 Å². The molecule has 1 aliphatic rings. The molecule has 2 nitrogen and oxygen atoms in total. The Bertz CT molecular complexity index is 341. The number of fused-ring (bicyclic) bond motifs is 1. The van der Waals surface area contributed by atoms with Crippen LogP contribution < -0.4 is 5.32 Å². The van der Waals surface area contributed by atoms with E-state index in [1.165, 1.54) is 0 Å². The minimum atomic E-state index is 0.117. The molecule has 0 atom stereocenters. The molecule has 1 heterocycles. The number of para-hydroxylation sites is 1. The Balaban J connectivity index is 2.45. The van der Waals surface area contributed by atoms with Gasteiger partial charge in [-0.2, -0.15) is 0 Å². The summed E-state index contributed by atoms with van der Waals surface area (Å²) >= 11 is 0.